The van der Waals surface area contributed by atoms with E-state index < -0.39 is 0 Å². The highest BCUT2D eigenvalue weighted by Gasteiger charge is 2.48. The maximum Gasteiger partial charge on any atom is 0.338 e. The van der Waals surface area contributed by atoms with Crippen molar-refractivity contribution in [3.63, 3.8) is 0 Å². The summed E-state index contributed by atoms with van der Waals surface area (Å²) in [5, 5.41) is 0. The second kappa shape index (κ2) is 11.3. The van der Waals surface area contributed by atoms with Gasteiger partial charge in [-0.2, -0.15) is 0 Å². The van der Waals surface area contributed by atoms with Gasteiger partial charge in [0.25, 0.3) is 0 Å². The van der Waals surface area contributed by atoms with E-state index in [0.29, 0.717) is 23.0 Å². The van der Waals surface area contributed by atoms with Crippen molar-refractivity contribution in [1.82, 2.24) is 0 Å². The molecule has 2 bridgehead atoms. The molecule has 3 aliphatic carbocycles. The molecule has 0 amide bonds. The van der Waals surface area contributed by atoms with Crippen LogP contribution < -0.4 is 0 Å². The van der Waals surface area contributed by atoms with Crippen molar-refractivity contribution in [3.8, 4) is 0 Å². The Bertz CT molecular complexity index is 621. The third-order valence-corrected chi connectivity index (χ3v) is 8.18. The second-order valence-corrected chi connectivity index (χ2v) is 10.2. The van der Waals surface area contributed by atoms with Crippen LogP contribution in [0.15, 0.2) is 24.3 Å². The van der Waals surface area contributed by atoms with Gasteiger partial charge in [-0.3, -0.25) is 0 Å². The third-order valence-electron chi connectivity index (χ3n) is 8.18. The van der Waals surface area contributed by atoms with Crippen LogP contribution in [0, 0.1) is 5.41 Å². The van der Waals surface area contributed by atoms with E-state index in [1.807, 2.05) is 12.1 Å². The smallest absolute Gasteiger partial charge is 0.338 e. The number of fused-ring (bicyclic) bond motifs is 3. The molecule has 4 rings (SSSR count). The van der Waals surface area contributed by atoms with Gasteiger partial charge in [0.2, 0.25) is 0 Å². The Morgan fingerprint density at radius 3 is 1.97 bits per heavy atom. The lowest BCUT2D eigenvalue weighted by atomic mass is 9.51. The summed E-state index contributed by atoms with van der Waals surface area (Å²) in [7, 11) is 0. The number of esters is 1. The lowest BCUT2D eigenvalue weighted by Crippen LogP contribution is -2.44. The Kier molecular flexibility index (Phi) is 8.84. The molecular weight excluding hydrogens is 368 g/mol. The van der Waals surface area contributed by atoms with Crippen LogP contribution in [0.4, 0.5) is 0 Å². The molecule has 0 aliphatic heterocycles. The standard InChI is InChI=1S/C28H44O2/c1-3-5-7-8-9-10-16-27-17-20-28(21-18-27,22-19-27)25-14-12-24(13-15-25)26(29)30-23-11-6-4-2/h12-15H,3-11,16-23H2,1-2H3. The molecule has 0 atom stereocenters. The van der Waals surface area contributed by atoms with Gasteiger partial charge in [-0.15, -0.1) is 0 Å². The second-order valence-electron chi connectivity index (χ2n) is 10.2. The molecule has 0 unspecified atom stereocenters. The first-order valence-corrected chi connectivity index (χ1v) is 12.9. The monoisotopic (exact) mass is 412 g/mol. The SMILES string of the molecule is CCCCCCCCC12CCC(c3ccc(C(=O)OCCCCC)cc3)(CC1)CC2. The van der Waals surface area contributed by atoms with Crippen molar-refractivity contribution in [3.05, 3.63) is 35.4 Å². The van der Waals surface area contributed by atoms with E-state index in [4.69, 9.17) is 4.74 Å². The predicted molar refractivity (Wildman–Crippen MR) is 126 cm³/mol. The van der Waals surface area contributed by atoms with Crippen LogP contribution in [0.2, 0.25) is 0 Å². The van der Waals surface area contributed by atoms with Gasteiger partial charge in [-0.25, -0.2) is 4.79 Å². The molecule has 2 heteroatoms. The first-order valence-electron chi connectivity index (χ1n) is 12.9. The Morgan fingerprint density at radius 2 is 1.33 bits per heavy atom. The molecule has 0 aromatic heterocycles. The van der Waals surface area contributed by atoms with Gasteiger partial charge >= 0.3 is 5.97 Å². The lowest BCUT2D eigenvalue weighted by molar-refractivity contribution is 0.0304. The van der Waals surface area contributed by atoms with Crippen molar-refractivity contribution < 1.29 is 9.53 Å². The maximum absolute atomic E-state index is 12.3. The van der Waals surface area contributed by atoms with Crippen LogP contribution in [-0.2, 0) is 10.2 Å². The van der Waals surface area contributed by atoms with Crippen molar-refractivity contribution in [1.29, 1.82) is 0 Å². The summed E-state index contributed by atoms with van der Waals surface area (Å²) in [6.07, 6.45) is 21.4. The Labute approximate surface area is 185 Å². The molecule has 1 aromatic rings. The minimum absolute atomic E-state index is 0.166. The number of hydrogen-bond acceptors (Lipinski definition) is 2. The summed E-state index contributed by atoms with van der Waals surface area (Å²) >= 11 is 0. The number of carbonyl (C=O) groups excluding carboxylic acids is 1. The maximum atomic E-state index is 12.3. The molecule has 0 spiro atoms. The molecule has 168 valence electrons. The van der Waals surface area contributed by atoms with Gasteiger partial charge in [-0.1, -0.05) is 77.3 Å². The normalized spacial score (nSPS) is 25.4. The largest absolute Gasteiger partial charge is 0.462 e. The fourth-order valence-electron chi connectivity index (χ4n) is 5.91. The number of carbonyl (C=O) groups is 1. The zero-order chi connectivity index (χ0) is 21.3. The highest BCUT2D eigenvalue weighted by molar-refractivity contribution is 5.89. The van der Waals surface area contributed by atoms with E-state index in [2.05, 4.69) is 26.0 Å². The Balaban J connectivity index is 1.47. The minimum Gasteiger partial charge on any atom is -0.462 e. The van der Waals surface area contributed by atoms with Crippen LogP contribution >= 0.6 is 0 Å². The molecule has 0 radical (unpaired) electrons. The van der Waals surface area contributed by atoms with Gasteiger partial charge < -0.3 is 4.74 Å². The Hall–Kier alpha value is -1.31. The fourth-order valence-corrected chi connectivity index (χ4v) is 5.91. The van der Waals surface area contributed by atoms with Gasteiger partial charge in [0.15, 0.2) is 0 Å². The van der Waals surface area contributed by atoms with E-state index >= 15 is 0 Å². The van der Waals surface area contributed by atoms with Crippen molar-refractivity contribution >= 4 is 5.97 Å². The van der Waals surface area contributed by atoms with E-state index in [9.17, 15) is 4.79 Å². The summed E-state index contributed by atoms with van der Waals surface area (Å²) in [5.41, 5.74) is 3.18. The zero-order valence-corrected chi connectivity index (χ0v) is 19.6. The number of rotatable bonds is 13. The molecule has 0 N–H and O–H groups in total. The topological polar surface area (TPSA) is 26.3 Å². The quantitative estimate of drug-likeness (QED) is 0.240. The molecule has 3 fully saturated rings. The average molecular weight is 413 g/mol. The summed E-state index contributed by atoms with van der Waals surface area (Å²) in [6.45, 7) is 5.00. The van der Waals surface area contributed by atoms with Crippen molar-refractivity contribution in [2.75, 3.05) is 6.61 Å². The van der Waals surface area contributed by atoms with Crippen LogP contribution in [0.25, 0.3) is 0 Å². The minimum atomic E-state index is -0.166. The van der Waals surface area contributed by atoms with E-state index in [1.54, 1.807) is 0 Å². The van der Waals surface area contributed by atoms with Gasteiger partial charge in [0, 0.05) is 0 Å². The molecule has 0 heterocycles. The summed E-state index contributed by atoms with van der Waals surface area (Å²) in [6, 6.07) is 8.43. The van der Waals surface area contributed by atoms with E-state index in [0.717, 1.165) is 19.3 Å². The molecular formula is C28H44O2. The van der Waals surface area contributed by atoms with Crippen LogP contribution in [0.1, 0.15) is 133 Å². The van der Waals surface area contributed by atoms with Crippen LogP contribution in [0.5, 0.6) is 0 Å². The summed E-state index contributed by atoms with van der Waals surface area (Å²) in [4.78, 5) is 12.3. The number of benzene rings is 1. The highest BCUT2D eigenvalue weighted by Crippen LogP contribution is 2.59. The molecule has 2 nitrogen and oxygen atoms in total. The van der Waals surface area contributed by atoms with Crippen molar-refractivity contribution in [2.45, 2.75) is 122 Å². The van der Waals surface area contributed by atoms with Crippen molar-refractivity contribution in [2.24, 2.45) is 5.41 Å². The summed E-state index contributed by atoms with van der Waals surface area (Å²) < 4.78 is 5.42. The average Bonchev–Trinajstić information content (AvgIpc) is 2.80. The molecule has 1 aromatic carbocycles. The molecule has 30 heavy (non-hydrogen) atoms. The molecule has 3 aliphatic rings. The first-order chi connectivity index (χ1) is 14.6. The Morgan fingerprint density at radius 1 is 0.767 bits per heavy atom. The number of unbranched alkanes of at least 4 members (excludes halogenated alkanes) is 7. The molecule has 0 saturated heterocycles. The predicted octanol–water partition coefficient (Wildman–Crippen LogP) is 8.38. The van der Waals surface area contributed by atoms with Gasteiger partial charge in [-0.05, 0) is 79.9 Å². The van der Waals surface area contributed by atoms with Crippen LogP contribution in [0.3, 0.4) is 0 Å². The number of hydrogen-bond donors (Lipinski definition) is 0. The fraction of sp³-hybridized carbons (Fsp3) is 0.750. The van der Waals surface area contributed by atoms with E-state index in [-0.39, 0.29) is 5.97 Å². The zero-order valence-electron chi connectivity index (χ0n) is 19.6. The van der Waals surface area contributed by atoms with Gasteiger partial charge in [0.05, 0.1) is 12.2 Å². The summed E-state index contributed by atoms with van der Waals surface area (Å²) in [5.74, 6) is -0.166. The van der Waals surface area contributed by atoms with Crippen LogP contribution in [-0.4, -0.2) is 12.6 Å². The van der Waals surface area contributed by atoms with Gasteiger partial charge in [0.1, 0.15) is 0 Å². The molecule has 3 saturated carbocycles. The number of ether oxygens (including phenoxy) is 1. The van der Waals surface area contributed by atoms with E-state index in [1.165, 1.54) is 89.0 Å². The third kappa shape index (κ3) is 5.89. The highest BCUT2D eigenvalue weighted by atomic mass is 16.5. The lowest BCUT2D eigenvalue weighted by Gasteiger charge is -2.54. The first kappa shape index (κ1) is 23.4.